The Morgan fingerprint density at radius 2 is 1.43 bits per heavy atom. The van der Waals surface area contributed by atoms with Gasteiger partial charge in [-0.1, -0.05) is 72.8 Å². The number of esters is 2. The second-order valence-corrected chi connectivity index (χ2v) is 5.99. The minimum atomic E-state index is -0.991. The van der Waals surface area contributed by atoms with Gasteiger partial charge in [-0.25, -0.2) is 9.59 Å². The number of ether oxygens (including phenoxy) is 3. The molecule has 3 rings (SSSR count). The highest BCUT2D eigenvalue weighted by atomic mass is 16.6. The molecule has 0 N–H and O–H groups in total. The zero-order chi connectivity index (χ0) is 19.8. The van der Waals surface area contributed by atoms with Crippen LogP contribution in [0.25, 0.3) is 0 Å². The summed E-state index contributed by atoms with van der Waals surface area (Å²) in [5.74, 6) is -0.838. The zero-order valence-corrected chi connectivity index (χ0v) is 15.4. The van der Waals surface area contributed by atoms with Gasteiger partial charge < -0.3 is 14.2 Å². The second kappa shape index (κ2) is 9.37. The summed E-state index contributed by atoms with van der Waals surface area (Å²) >= 11 is 0. The molecule has 0 aliphatic carbocycles. The molecule has 5 nitrogen and oxygen atoms in total. The quantitative estimate of drug-likeness (QED) is 0.574. The third kappa shape index (κ3) is 4.76. The van der Waals surface area contributed by atoms with Crippen molar-refractivity contribution in [1.82, 2.24) is 0 Å². The average molecular weight is 376 g/mol. The molecular formula is C23H20O5. The van der Waals surface area contributed by atoms with Crippen molar-refractivity contribution in [2.75, 3.05) is 7.11 Å². The fraction of sp³-hybridized carbons (Fsp3) is 0.130. The molecule has 0 aliphatic heterocycles. The molecule has 0 spiro atoms. The van der Waals surface area contributed by atoms with Crippen molar-refractivity contribution in [2.24, 2.45) is 0 Å². The summed E-state index contributed by atoms with van der Waals surface area (Å²) in [6.45, 7) is 0.146. The molecule has 0 aliphatic rings. The molecule has 1 atom stereocenters. The Morgan fingerprint density at radius 1 is 0.821 bits per heavy atom. The summed E-state index contributed by atoms with van der Waals surface area (Å²) in [5.41, 5.74) is 1.75. The van der Waals surface area contributed by atoms with Gasteiger partial charge in [0, 0.05) is 5.56 Å². The summed E-state index contributed by atoms with van der Waals surface area (Å²) < 4.78 is 16.1. The van der Waals surface area contributed by atoms with E-state index in [1.54, 1.807) is 48.5 Å². The van der Waals surface area contributed by atoms with Gasteiger partial charge in [-0.15, -0.1) is 0 Å². The van der Waals surface area contributed by atoms with Crippen LogP contribution in [-0.2, 0) is 20.9 Å². The van der Waals surface area contributed by atoms with Gasteiger partial charge in [0.2, 0.25) is 6.10 Å². The molecule has 0 aromatic heterocycles. The molecule has 1 unspecified atom stereocenters. The van der Waals surface area contributed by atoms with Crippen LogP contribution in [0.15, 0.2) is 84.9 Å². The highest BCUT2D eigenvalue weighted by molar-refractivity contribution is 5.92. The van der Waals surface area contributed by atoms with E-state index in [1.165, 1.54) is 7.11 Å². The fourth-order valence-electron chi connectivity index (χ4n) is 2.65. The maximum atomic E-state index is 12.6. The van der Waals surface area contributed by atoms with E-state index in [-0.39, 0.29) is 17.9 Å². The maximum Gasteiger partial charge on any atom is 0.351 e. The Morgan fingerprint density at radius 3 is 2.11 bits per heavy atom. The van der Waals surface area contributed by atoms with Gasteiger partial charge >= 0.3 is 11.9 Å². The first-order chi connectivity index (χ1) is 13.7. The van der Waals surface area contributed by atoms with Gasteiger partial charge in [0.25, 0.3) is 0 Å². The first-order valence-corrected chi connectivity index (χ1v) is 8.78. The lowest BCUT2D eigenvalue weighted by atomic mass is 10.1. The minimum absolute atomic E-state index is 0.146. The van der Waals surface area contributed by atoms with E-state index in [2.05, 4.69) is 0 Å². The van der Waals surface area contributed by atoms with Crippen molar-refractivity contribution >= 4 is 11.9 Å². The zero-order valence-electron chi connectivity index (χ0n) is 15.4. The number of hydrogen-bond acceptors (Lipinski definition) is 5. The Labute approximate surface area is 163 Å². The van der Waals surface area contributed by atoms with Gasteiger partial charge in [0.1, 0.15) is 17.9 Å². The van der Waals surface area contributed by atoms with E-state index in [1.807, 2.05) is 36.4 Å². The van der Waals surface area contributed by atoms with Crippen LogP contribution in [0.3, 0.4) is 0 Å². The van der Waals surface area contributed by atoms with Gasteiger partial charge in [-0.3, -0.25) is 0 Å². The Hall–Kier alpha value is -3.60. The summed E-state index contributed by atoms with van der Waals surface area (Å²) in [4.78, 5) is 24.8. The van der Waals surface area contributed by atoms with Crippen LogP contribution in [0, 0.1) is 0 Å². The lowest BCUT2D eigenvalue weighted by Crippen LogP contribution is -2.21. The fourth-order valence-corrected chi connectivity index (χ4v) is 2.65. The van der Waals surface area contributed by atoms with Crippen molar-refractivity contribution in [3.05, 3.63) is 102 Å². The lowest BCUT2D eigenvalue weighted by molar-refractivity contribution is -0.149. The van der Waals surface area contributed by atoms with Gasteiger partial charge in [0.05, 0.1) is 7.11 Å². The SMILES string of the molecule is COC(=O)C(Oc1ccccc1C(=O)OCc1ccccc1)c1ccccc1. The van der Waals surface area contributed by atoms with Crippen LogP contribution in [0.5, 0.6) is 5.75 Å². The number of para-hydroxylation sites is 1. The first-order valence-electron chi connectivity index (χ1n) is 8.78. The van der Waals surface area contributed by atoms with E-state index in [4.69, 9.17) is 14.2 Å². The number of benzene rings is 3. The molecule has 28 heavy (non-hydrogen) atoms. The molecular weight excluding hydrogens is 356 g/mol. The molecule has 0 saturated heterocycles. The van der Waals surface area contributed by atoms with E-state index < -0.39 is 18.0 Å². The minimum Gasteiger partial charge on any atom is -0.473 e. The van der Waals surface area contributed by atoms with E-state index in [0.717, 1.165) is 5.56 Å². The van der Waals surface area contributed by atoms with Crippen molar-refractivity contribution in [2.45, 2.75) is 12.7 Å². The molecule has 5 heteroatoms. The summed E-state index contributed by atoms with van der Waals surface area (Å²) in [7, 11) is 1.29. The molecule has 0 bridgehead atoms. The predicted molar refractivity (Wildman–Crippen MR) is 104 cm³/mol. The third-order valence-corrected chi connectivity index (χ3v) is 4.08. The standard InChI is InChI=1S/C23H20O5/c1-26-23(25)21(18-12-6-3-7-13-18)28-20-15-9-8-14-19(20)22(24)27-16-17-10-4-2-5-11-17/h2-15,21H,16H2,1H3. The van der Waals surface area contributed by atoms with E-state index >= 15 is 0 Å². The molecule has 0 heterocycles. The Kier molecular flexibility index (Phi) is 6.41. The van der Waals surface area contributed by atoms with Crippen molar-refractivity contribution in [3.8, 4) is 5.75 Å². The third-order valence-electron chi connectivity index (χ3n) is 4.08. The smallest absolute Gasteiger partial charge is 0.351 e. The molecule has 3 aromatic rings. The normalized spacial score (nSPS) is 11.3. The summed E-state index contributed by atoms with van der Waals surface area (Å²) in [5, 5.41) is 0. The predicted octanol–water partition coefficient (Wildman–Crippen LogP) is 4.34. The maximum absolute atomic E-state index is 12.6. The molecule has 0 amide bonds. The van der Waals surface area contributed by atoms with Crippen molar-refractivity contribution in [1.29, 1.82) is 0 Å². The largest absolute Gasteiger partial charge is 0.473 e. The molecule has 0 saturated carbocycles. The van der Waals surface area contributed by atoms with E-state index in [9.17, 15) is 9.59 Å². The monoisotopic (exact) mass is 376 g/mol. The van der Waals surface area contributed by atoms with Crippen LogP contribution in [0.1, 0.15) is 27.6 Å². The van der Waals surface area contributed by atoms with Crippen LogP contribution in [-0.4, -0.2) is 19.0 Å². The van der Waals surface area contributed by atoms with Crippen LogP contribution in [0.2, 0.25) is 0 Å². The number of carbonyl (C=O) groups is 2. The van der Waals surface area contributed by atoms with Crippen LogP contribution >= 0.6 is 0 Å². The number of carbonyl (C=O) groups excluding carboxylic acids is 2. The van der Waals surface area contributed by atoms with Gasteiger partial charge in [-0.05, 0) is 17.7 Å². The first kappa shape index (κ1) is 19.2. The Balaban J connectivity index is 1.80. The van der Waals surface area contributed by atoms with Gasteiger partial charge in [0.15, 0.2) is 0 Å². The lowest BCUT2D eigenvalue weighted by Gasteiger charge is -2.19. The number of methoxy groups -OCH3 is 1. The molecule has 0 radical (unpaired) electrons. The topological polar surface area (TPSA) is 61.8 Å². The summed E-state index contributed by atoms with van der Waals surface area (Å²) in [6.07, 6.45) is -0.991. The van der Waals surface area contributed by atoms with Crippen molar-refractivity contribution in [3.63, 3.8) is 0 Å². The molecule has 3 aromatic carbocycles. The van der Waals surface area contributed by atoms with Gasteiger partial charge in [-0.2, -0.15) is 0 Å². The number of hydrogen-bond donors (Lipinski definition) is 0. The van der Waals surface area contributed by atoms with Crippen molar-refractivity contribution < 1.29 is 23.8 Å². The number of rotatable bonds is 7. The molecule has 0 fully saturated rings. The second-order valence-electron chi connectivity index (χ2n) is 5.99. The molecule has 142 valence electrons. The van der Waals surface area contributed by atoms with Crippen LogP contribution < -0.4 is 4.74 Å². The highest BCUT2D eigenvalue weighted by Crippen LogP contribution is 2.27. The average Bonchev–Trinajstić information content (AvgIpc) is 2.77. The van der Waals surface area contributed by atoms with Crippen LogP contribution in [0.4, 0.5) is 0 Å². The highest BCUT2D eigenvalue weighted by Gasteiger charge is 2.25. The Bertz CT molecular complexity index is 922. The van der Waals surface area contributed by atoms with E-state index in [0.29, 0.717) is 5.56 Å². The summed E-state index contributed by atoms with van der Waals surface area (Å²) in [6, 6.07) is 25.0.